The van der Waals surface area contributed by atoms with Gasteiger partial charge in [-0.25, -0.2) is 0 Å². The van der Waals surface area contributed by atoms with E-state index < -0.39 is 0 Å². The van der Waals surface area contributed by atoms with Crippen molar-refractivity contribution in [2.45, 2.75) is 32.7 Å². The molecule has 102 valence electrons. The quantitative estimate of drug-likeness (QED) is 0.784. The van der Waals surface area contributed by atoms with Crippen LogP contribution in [0.4, 0.5) is 0 Å². The molecule has 0 aliphatic carbocycles. The fourth-order valence-electron chi connectivity index (χ4n) is 1.84. The highest BCUT2D eigenvalue weighted by molar-refractivity contribution is 5.74. The van der Waals surface area contributed by atoms with E-state index in [2.05, 4.69) is 50.3 Å². The highest BCUT2D eigenvalue weighted by Gasteiger charge is 2.10. The molecule has 1 N–H and O–H groups in total. The van der Waals surface area contributed by atoms with E-state index in [1.807, 2.05) is 24.4 Å². The molecule has 0 saturated heterocycles. The first-order chi connectivity index (χ1) is 8.98. The van der Waals surface area contributed by atoms with Crippen LogP contribution in [0.15, 0.2) is 49.7 Å². The van der Waals surface area contributed by atoms with Crippen molar-refractivity contribution in [3.05, 3.63) is 61.0 Å². The van der Waals surface area contributed by atoms with Crippen LogP contribution in [-0.4, -0.2) is 17.1 Å². The topological polar surface area (TPSA) is 24.9 Å². The van der Waals surface area contributed by atoms with Gasteiger partial charge in [0.15, 0.2) is 0 Å². The minimum absolute atomic E-state index is 0.139. The number of nitrogens with zero attached hydrogens (tertiary/aromatic N) is 1. The van der Waals surface area contributed by atoms with Crippen molar-refractivity contribution < 1.29 is 0 Å². The van der Waals surface area contributed by atoms with Crippen LogP contribution in [0, 0.1) is 0 Å². The Bertz CT molecular complexity index is 464. The Hall–Kier alpha value is -1.67. The van der Waals surface area contributed by atoms with E-state index in [1.54, 1.807) is 6.08 Å². The van der Waals surface area contributed by atoms with Crippen molar-refractivity contribution in [3.8, 4) is 0 Å². The number of nitrogens with one attached hydrogen (secondary N) is 1. The summed E-state index contributed by atoms with van der Waals surface area (Å²) in [6.45, 7) is 15.0. The second-order valence-corrected chi connectivity index (χ2v) is 5.50. The molecule has 1 rings (SSSR count). The highest BCUT2D eigenvalue weighted by Crippen LogP contribution is 2.18. The molecule has 0 aliphatic rings. The van der Waals surface area contributed by atoms with Crippen LogP contribution in [-0.2, 0) is 6.42 Å². The van der Waals surface area contributed by atoms with Gasteiger partial charge in [-0.2, -0.15) is 0 Å². The number of pyridine rings is 1. The molecule has 0 radical (unpaired) electrons. The average Bonchev–Trinajstić information content (AvgIpc) is 2.35. The summed E-state index contributed by atoms with van der Waals surface area (Å²) in [5.41, 5.74) is 3.38. The summed E-state index contributed by atoms with van der Waals surface area (Å²) in [6, 6.07) is 4.09. The Balaban J connectivity index is 2.87. The molecule has 1 heterocycles. The van der Waals surface area contributed by atoms with Gasteiger partial charge in [0.05, 0.1) is 5.69 Å². The lowest BCUT2D eigenvalue weighted by atomic mass is 10.0. The number of aromatic nitrogens is 1. The van der Waals surface area contributed by atoms with E-state index in [0.717, 1.165) is 24.2 Å². The second-order valence-electron chi connectivity index (χ2n) is 5.50. The molecule has 0 atom stereocenters. The summed E-state index contributed by atoms with van der Waals surface area (Å²) < 4.78 is 0. The Morgan fingerprint density at radius 2 is 2.11 bits per heavy atom. The summed E-state index contributed by atoms with van der Waals surface area (Å²) in [7, 11) is 0. The molecule has 0 saturated carbocycles. The van der Waals surface area contributed by atoms with E-state index in [0.29, 0.717) is 0 Å². The number of hydrogen-bond acceptors (Lipinski definition) is 2. The van der Waals surface area contributed by atoms with Crippen molar-refractivity contribution >= 4 is 5.57 Å². The van der Waals surface area contributed by atoms with Gasteiger partial charge in [0, 0.05) is 11.7 Å². The fraction of sp³-hybridized carbons (Fsp3) is 0.353. The van der Waals surface area contributed by atoms with Crippen molar-refractivity contribution in [2.75, 3.05) is 6.54 Å². The summed E-state index contributed by atoms with van der Waals surface area (Å²) in [5, 5.41) is 3.49. The lowest BCUT2D eigenvalue weighted by molar-refractivity contribution is 0.429. The third kappa shape index (κ3) is 5.23. The Morgan fingerprint density at radius 3 is 2.68 bits per heavy atom. The lowest BCUT2D eigenvalue weighted by Crippen LogP contribution is -2.37. The molecule has 0 fully saturated rings. The normalized spacial score (nSPS) is 12.3. The minimum atomic E-state index is 0.139. The number of allylic oxidation sites excluding steroid dienone is 4. The van der Waals surface area contributed by atoms with Crippen molar-refractivity contribution in [3.63, 3.8) is 0 Å². The fourth-order valence-corrected chi connectivity index (χ4v) is 1.84. The molecule has 0 aromatic carbocycles. The van der Waals surface area contributed by atoms with E-state index in [4.69, 9.17) is 0 Å². The van der Waals surface area contributed by atoms with Crippen LogP contribution in [0.5, 0.6) is 0 Å². The molecular weight excluding hydrogens is 232 g/mol. The van der Waals surface area contributed by atoms with Crippen LogP contribution < -0.4 is 5.32 Å². The van der Waals surface area contributed by atoms with Gasteiger partial charge in [0.2, 0.25) is 0 Å². The zero-order valence-electron chi connectivity index (χ0n) is 12.2. The minimum Gasteiger partial charge on any atom is -0.312 e. The Kier molecular flexibility index (Phi) is 5.71. The molecule has 19 heavy (non-hydrogen) atoms. The van der Waals surface area contributed by atoms with Gasteiger partial charge in [-0.15, -0.1) is 0 Å². The summed E-state index contributed by atoms with van der Waals surface area (Å²) in [6.07, 6.45) is 8.29. The standard InChI is InChI=1S/C17H24N2/c1-6-9-14(7-2)16-15(10-8-12-18-16)11-13-19-17(3,4)5/h6-10,12,19H,1-2,11,13H2,3-5H3/b14-9+. The summed E-state index contributed by atoms with van der Waals surface area (Å²) >= 11 is 0. The predicted octanol–water partition coefficient (Wildman–Crippen LogP) is 3.77. The Labute approximate surface area is 117 Å². The number of rotatable bonds is 6. The SMILES string of the molecule is C=C/C=C(\C=C)c1ncccc1CCNC(C)(C)C. The van der Waals surface area contributed by atoms with Crippen LogP contribution in [0.2, 0.25) is 0 Å². The zero-order valence-corrected chi connectivity index (χ0v) is 12.2. The first-order valence-electron chi connectivity index (χ1n) is 6.62. The van der Waals surface area contributed by atoms with Gasteiger partial charge in [-0.3, -0.25) is 4.98 Å². The van der Waals surface area contributed by atoms with Crippen molar-refractivity contribution in [1.82, 2.24) is 10.3 Å². The van der Waals surface area contributed by atoms with Gasteiger partial charge in [0.1, 0.15) is 0 Å². The zero-order chi connectivity index (χ0) is 14.3. The van der Waals surface area contributed by atoms with Gasteiger partial charge in [-0.1, -0.05) is 37.5 Å². The molecule has 2 heteroatoms. The van der Waals surface area contributed by atoms with Gasteiger partial charge in [0.25, 0.3) is 0 Å². The van der Waals surface area contributed by atoms with Gasteiger partial charge < -0.3 is 5.32 Å². The van der Waals surface area contributed by atoms with Crippen molar-refractivity contribution in [2.24, 2.45) is 0 Å². The van der Waals surface area contributed by atoms with Crippen molar-refractivity contribution in [1.29, 1.82) is 0 Å². The molecule has 0 unspecified atom stereocenters. The molecule has 0 amide bonds. The second kappa shape index (κ2) is 7.05. The van der Waals surface area contributed by atoms with E-state index in [-0.39, 0.29) is 5.54 Å². The third-order valence-corrected chi connectivity index (χ3v) is 2.73. The third-order valence-electron chi connectivity index (χ3n) is 2.73. The maximum Gasteiger partial charge on any atom is 0.0734 e. The lowest BCUT2D eigenvalue weighted by Gasteiger charge is -2.20. The van der Waals surface area contributed by atoms with Gasteiger partial charge in [-0.05, 0) is 50.9 Å². The molecule has 1 aromatic heterocycles. The van der Waals surface area contributed by atoms with E-state index in [9.17, 15) is 0 Å². The summed E-state index contributed by atoms with van der Waals surface area (Å²) in [4.78, 5) is 4.47. The van der Waals surface area contributed by atoms with Crippen LogP contribution in [0.3, 0.4) is 0 Å². The van der Waals surface area contributed by atoms with Crippen LogP contribution in [0.1, 0.15) is 32.0 Å². The molecular formula is C17H24N2. The molecule has 2 nitrogen and oxygen atoms in total. The van der Waals surface area contributed by atoms with Gasteiger partial charge >= 0.3 is 0 Å². The highest BCUT2D eigenvalue weighted by atomic mass is 14.9. The molecule has 0 spiro atoms. The maximum absolute atomic E-state index is 4.47. The smallest absolute Gasteiger partial charge is 0.0734 e. The monoisotopic (exact) mass is 256 g/mol. The molecule has 0 bridgehead atoms. The molecule has 0 aliphatic heterocycles. The number of hydrogen-bond donors (Lipinski definition) is 1. The Morgan fingerprint density at radius 1 is 1.37 bits per heavy atom. The summed E-state index contributed by atoms with van der Waals surface area (Å²) in [5.74, 6) is 0. The largest absolute Gasteiger partial charge is 0.312 e. The average molecular weight is 256 g/mol. The van der Waals surface area contributed by atoms with Crippen LogP contribution >= 0.6 is 0 Å². The van der Waals surface area contributed by atoms with Crippen LogP contribution in [0.25, 0.3) is 5.57 Å². The molecule has 1 aromatic rings. The van der Waals surface area contributed by atoms with E-state index >= 15 is 0 Å². The first kappa shape index (κ1) is 15.4. The predicted molar refractivity (Wildman–Crippen MR) is 84.1 cm³/mol. The van der Waals surface area contributed by atoms with E-state index in [1.165, 1.54) is 5.56 Å². The maximum atomic E-state index is 4.47. The first-order valence-corrected chi connectivity index (χ1v) is 6.62.